The summed E-state index contributed by atoms with van der Waals surface area (Å²) in [6.45, 7) is 2.97. The molecule has 0 spiro atoms. The number of hydrogen-bond donors (Lipinski definition) is 2. The number of nitrogens with two attached hydrogens (primary N) is 1. The van der Waals surface area contributed by atoms with Crippen LogP contribution in [0.1, 0.15) is 19.3 Å². The normalized spacial score (nSPS) is 24.1. The second-order valence-corrected chi connectivity index (χ2v) is 5.12. The molecule has 1 aliphatic heterocycles. The highest BCUT2D eigenvalue weighted by molar-refractivity contribution is 5.52. The van der Waals surface area contributed by atoms with E-state index >= 15 is 0 Å². The van der Waals surface area contributed by atoms with E-state index in [-0.39, 0.29) is 0 Å². The fourth-order valence-electron chi connectivity index (χ4n) is 2.21. The van der Waals surface area contributed by atoms with E-state index in [1.807, 2.05) is 6.20 Å². The van der Waals surface area contributed by atoms with Gasteiger partial charge in [0, 0.05) is 31.7 Å². The molecule has 1 aromatic heterocycles. The van der Waals surface area contributed by atoms with Crippen molar-refractivity contribution in [2.45, 2.75) is 25.3 Å². The van der Waals surface area contributed by atoms with Gasteiger partial charge < -0.3 is 16.0 Å². The molecule has 5 heteroatoms. The minimum absolute atomic E-state index is 0.297. The molecule has 0 radical (unpaired) electrons. The van der Waals surface area contributed by atoms with E-state index in [9.17, 15) is 0 Å². The second-order valence-electron chi connectivity index (χ2n) is 5.12. The first-order chi connectivity index (χ1) is 8.31. The van der Waals surface area contributed by atoms with Crippen LogP contribution in [0.5, 0.6) is 0 Å². The molecular weight excluding hydrogens is 214 g/mol. The first-order valence-corrected chi connectivity index (χ1v) is 6.38. The molecule has 3 N–H and O–H groups in total. The van der Waals surface area contributed by atoms with Crippen LogP contribution >= 0.6 is 0 Å². The lowest BCUT2D eigenvalue weighted by atomic mass is 10.3. The van der Waals surface area contributed by atoms with Gasteiger partial charge in [-0.25, -0.2) is 0 Å². The van der Waals surface area contributed by atoms with E-state index in [1.165, 1.54) is 12.8 Å². The molecule has 3 rings (SSSR count). The van der Waals surface area contributed by atoms with Gasteiger partial charge >= 0.3 is 0 Å². The van der Waals surface area contributed by atoms with Crippen molar-refractivity contribution in [1.82, 2.24) is 10.2 Å². The molecule has 1 aliphatic carbocycles. The van der Waals surface area contributed by atoms with Crippen LogP contribution < -0.4 is 16.0 Å². The predicted octanol–water partition coefficient (Wildman–Crippen LogP) is 0.836. The molecule has 1 saturated carbocycles. The molecule has 92 valence electrons. The van der Waals surface area contributed by atoms with Crippen LogP contribution in [0.25, 0.3) is 0 Å². The first-order valence-electron chi connectivity index (χ1n) is 6.38. The van der Waals surface area contributed by atoms with Crippen molar-refractivity contribution >= 4 is 11.5 Å². The molecule has 2 fully saturated rings. The third-order valence-electron chi connectivity index (χ3n) is 3.50. The van der Waals surface area contributed by atoms with Gasteiger partial charge in [-0.15, -0.1) is 5.10 Å². The van der Waals surface area contributed by atoms with Crippen molar-refractivity contribution in [3.05, 3.63) is 12.3 Å². The van der Waals surface area contributed by atoms with Gasteiger partial charge in [0.25, 0.3) is 0 Å². The Morgan fingerprint density at radius 3 is 3.00 bits per heavy atom. The lowest BCUT2D eigenvalue weighted by molar-refractivity contribution is 0.752. The van der Waals surface area contributed by atoms with Crippen LogP contribution in [0.2, 0.25) is 0 Å². The predicted molar refractivity (Wildman–Crippen MR) is 68.1 cm³/mol. The third-order valence-corrected chi connectivity index (χ3v) is 3.50. The van der Waals surface area contributed by atoms with Crippen molar-refractivity contribution in [1.29, 1.82) is 0 Å². The molecule has 0 bridgehead atoms. The number of aromatic nitrogens is 2. The summed E-state index contributed by atoms with van der Waals surface area (Å²) in [5.74, 6) is 1.73. The number of nitrogens with one attached hydrogen (secondary N) is 1. The van der Waals surface area contributed by atoms with Crippen LogP contribution in [0.15, 0.2) is 12.3 Å². The van der Waals surface area contributed by atoms with Crippen LogP contribution in [-0.2, 0) is 0 Å². The Hall–Kier alpha value is -1.36. The van der Waals surface area contributed by atoms with E-state index in [0.717, 1.165) is 43.5 Å². The van der Waals surface area contributed by atoms with Gasteiger partial charge in [-0.05, 0) is 25.2 Å². The summed E-state index contributed by atoms with van der Waals surface area (Å²) in [7, 11) is 0. The summed E-state index contributed by atoms with van der Waals surface area (Å²) in [6.07, 6.45) is 5.58. The second kappa shape index (κ2) is 4.49. The minimum atomic E-state index is 0.297. The Labute approximate surface area is 101 Å². The lowest BCUT2D eigenvalue weighted by Gasteiger charge is -2.17. The van der Waals surface area contributed by atoms with Crippen molar-refractivity contribution in [3.63, 3.8) is 0 Å². The maximum absolute atomic E-state index is 5.91. The number of nitrogens with zero attached hydrogens (tertiary/aromatic N) is 3. The molecule has 5 nitrogen and oxygen atoms in total. The van der Waals surface area contributed by atoms with Crippen LogP contribution in [-0.4, -0.2) is 35.9 Å². The summed E-state index contributed by atoms with van der Waals surface area (Å²) >= 11 is 0. The van der Waals surface area contributed by atoms with E-state index in [1.54, 1.807) is 0 Å². The largest absolute Gasteiger partial charge is 0.369 e. The zero-order valence-corrected chi connectivity index (χ0v) is 9.97. The van der Waals surface area contributed by atoms with E-state index in [4.69, 9.17) is 5.73 Å². The van der Waals surface area contributed by atoms with Crippen molar-refractivity contribution < 1.29 is 0 Å². The standard InChI is InChI=1S/C12H19N5/c13-10-3-4-17(8-10)11-5-12(16-15-7-11)14-6-9-1-2-9/h5,7,9-10H,1-4,6,8,13H2,(H,14,16). The highest BCUT2D eigenvalue weighted by Crippen LogP contribution is 2.29. The number of anilines is 2. The third kappa shape index (κ3) is 2.66. The summed E-state index contributed by atoms with van der Waals surface area (Å²) in [6, 6.07) is 2.37. The van der Waals surface area contributed by atoms with Gasteiger partial charge in [-0.2, -0.15) is 5.10 Å². The highest BCUT2D eigenvalue weighted by Gasteiger charge is 2.22. The van der Waals surface area contributed by atoms with Gasteiger partial charge in [0.2, 0.25) is 0 Å². The van der Waals surface area contributed by atoms with Crippen LogP contribution in [0, 0.1) is 5.92 Å². The summed E-state index contributed by atoms with van der Waals surface area (Å²) < 4.78 is 0. The summed E-state index contributed by atoms with van der Waals surface area (Å²) in [4.78, 5) is 2.28. The fourth-order valence-corrected chi connectivity index (χ4v) is 2.21. The Kier molecular flexibility index (Phi) is 2.84. The molecule has 0 amide bonds. The molecule has 1 unspecified atom stereocenters. The maximum Gasteiger partial charge on any atom is 0.150 e. The smallest absolute Gasteiger partial charge is 0.150 e. The maximum atomic E-state index is 5.91. The van der Waals surface area contributed by atoms with Gasteiger partial charge in [0.1, 0.15) is 0 Å². The van der Waals surface area contributed by atoms with Crippen molar-refractivity contribution in [2.75, 3.05) is 29.9 Å². The Morgan fingerprint density at radius 1 is 1.41 bits per heavy atom. The number of hydrogen-bond acceptors (Lipinski definition) is 5. The molecule has 1 saturated heterocycles. The van der Waals surface area contributed by atoms with Crippen LogP contribution in [0.4, 0.5) is 11.5 Å². The topological polar surface area (TPSA) is 67.1 Å². The minimum Gasteiger partial charge on any atom is -0.369 e. The summed E-state index contributed by atoms with van der Waals surface area (Å²) in [5.41, 5.74) is 7.04. The zero-order chi connectivity index (χ0) is 11.7. The Balaban J connectivity index is 1.65. The molecule has 17 heavy (non-hydrogen) atoms. The SMILES string of the molecule is NC1CCN(c2cnnc(NCC3CC3)c2)C1. The zero-order valence-electron chi connectivity index (χ0n) is 9.97. The van der Waals surface area contributed by atoms with Crippen molar-refractivity contribution in [3.8, 4) is 0 Å². The summed E-state index contributed by atoms with van der Waals surface area (Å²) in [5, 5.41) is 11.5. The average molecular weight is 233 g/mol. The lowest BCUT2D eigenvalue weighted by Crippen LogP contribution is -2.26. The van der Waals surface area contributed by atoms with Crippen molar-refractivity contribution in [2.24, 2.45) is 11.7 Å². The molecular formula is C12H19N5. The van der Waals surface area contributed by atoms with E-state index < -0.39 is 0 Å². The molecule has 0 aromatic carbocycles. The average Bonchev–Trinajstić information content (AvgIpc) is 3.08. The highest BCUT2D eigenvalue weighted by atomic mass is 15.2. The molecule has 2 aliphatic rings. The fraction of sp³-hybridized carbons (Fsp3) is 0.667. The van der Waals surface area contributed by atoms with Gasteiger partial charge in [0.05, 0.1) is 11.9 Å². The van der Waals surface area contributed by atoms with E-state index in [0.29, 0.717) is 6.04 Å². The molecule has 1 atom stereocenters. The quantitative estimate of drug-likeness (QED) is 0.806. The Morgan fingerprint density at radius 2 is 2.29 bits per heavy atom. The van der Waals surface area contributed by atoms with Gasteiger partial charge in [-0.3, -0.25) is 0 Å². The van der Waals surface area contributed by atoms with Gasteiger partial charge in [0.15, 0.2) is 5.82 Å². The first kappa shape index (κ1) is 10.8. The van der Waals surface area contributed by atoms with Gasteiger partial charge in [-0.1, -0.05) is 0 Å². The molecule has 1 aromatic rings. The van der Waals surface area contributed by atoms with E-state index in [2.05, 4.69) is 26.5 Å². The number of rotatable bonds is 4. The Bertz CT molecular complexity index is 390. The monoisotopic (exact) mass is 233 g/mol. The van der Waals surface area contributed by atoms with Crippen LogP contribution in [0.3, 0.4) is 0 Å². The molecule has 2 heterocycles.